The second kappa shape index (κ2) is 6.35. The van der Waals surface area contributed by atoms with Crippen molar-refractivity contribution in [2.75, 3.05) is 33.4 Å². The zero-order valence-corrected chi connectivity index (χ0v) is 8.67. The molecule has 0 bridgehead atoms. The number of rotatable bonds is 5. The second-order valence-corrected chi connectivity index (χ2v) is 3.78. The Balaban J connectivity index is 2.28. The normalized spacial score (nSPS) is 24.9. The van der Waals surface area contributed by atoms with Crippen LogP contribution in [0, 0.1) is 0 Å². The summed E-state index contributed by atoms with van der Waals surface area (Å²) in [5.74, 6) is 0. The summed E-state index contributed by atoms with van der Waals surface area (Å²) in [5, 5.41) is 0. The zero-order chi connectivity index (χ0) is 9.52. The summed E-state index contributed by atoms with van der Waals surface area (Å²) in [5.41, 5.74) is 5.51. The highest BCUT2D eigenvalue weighted by Gasteiger charge is 2.20. The maximum absolute atomic E-state index is 5.51. The van der Waals surface area contributed by atoms with E-state index in [4.69, 9.17) is 10.5 Å². The lowest BCUT2D eigenvalue weighted by atomic mass is 10.0. The van der Waals surface area contributed by atoms with Gasteiger partial charge in [-0.3, -0.25) is 4.90 Å². The fourth-order valence-electron chi connectivity index (χ4n) is 2.03. The second-order valence-electron chi connectivity index (χ2n) is 3.78. The molecule has 3 nitrogen and oxygen atoms in total. The molecule has 0 spiro atoms. The van der Waals surface area contributed by atoms with Crippen LogP contribution in [0.3, 0.4) is 0 Å². The highest BCUT2D eigenvalue weighted by molar-refractivity contribution is 4.76. The van der Waals surface area contributed by atoms with Gasteiger partial charge in [0.15, 0.2) is 0 Å². The maximum atomic E-state index is 5.51. The van der Waals surface area contributed by atoms with E-state index in [-0.39, 0.29) is 0 Å². The van der Waals surface area contributed by atoms with E-state index in [2.05, 4.69) is 4.90 Å². The van der Waals surface area contributed by atoms with Crippen LogP contribution in [0.1, 0.15) is 25.7 Å². The molecule has 0 radical (unpaired) electrons. The lowest BCUT2D eigenvalue weighted by Crippen LogP contribution is -2.43. The van der Waals surface area contributed by atoms with Gasteiger partial charge in [-0.25, -0.2) is 0 Å². The van der Waals surface area contributed by atoms with Crippen molar-refractivity contribution in [3.8, 4) is 0 Å². The van der Waals surface area contributed by atoms with E-state index in [1.165, 1.54) is 25.8 Å². The van der Waals surface area contributed by atoms with Gasteiger partial charge in [0.1, 0.15) is 0 Å². The minimum Gasteiger partial charge on any atom is -0.383 e. The summed E-state index contributed by atoms with van der Waals surface area (Å²) in [4.78, 5) is 2.53. The monoisotopic (exact) mass is 186 g/mol. The van der Waals surface area contributed by atoms with Crippen molar-refractivity contribution in [3.63, 3.8) is 0 Å². The SMILES string of the molecule is COCC1CCCCN1CCCN. The lowest BCUT2D eigenvalue weighted by molar-refractivity contribution is 0.0647. The van der Waals surface area contributed by atoms with E-state index in [9.17, 15) is 0 Å². The third kappa shape index (κ3) is 3.63. The molecule has 0 aromatic heterocycles. The lowest BCUT2D eigenvalue weighted by Gasteiger charge is -2.35. The Morgan fingerprint density at radius 3 is 3.00 bits per heavy atom. The van der Waals surface area contributed by atoms with Gasteiger partial charge in [0.05, 0.1) is 6.61 Å². The summed E-state index contributed by atoms with van der Waals surface area (Å²) < 4.78 is 5.22. The van der Waals surface area contributed by atoms with Crippen molar-refractivity contribution in [2.45, 2.75) is 31.7 Å². The first-order chi connectivity index (χ1) is 6.38. The number of methoxy groups -OCH3 is 1. The van der Waals surface area contributed by atoms with Crippen LogP contribution in [0.25, 0.3) is 0 Å². The van der Waals surface area contributed by atoms with Crippen molar-refractivity contribution in [1.29, 1.82) is 0 Å². The predicted octanol–water partition coefficient (Wildman–Crippen LogP) is 0.836. The fourth-order valence-corrected chi connectivity index (χ4v) is 2.03. The third-order valence-electron chi connectivity index (χ3n) is 2.76. The molecule has 2 N–H and O–H groups in total. The number of hydrogen-bond donors (Lipinski definition) is 1. The first kappa shape index (κ1) is 11.0. The number of piperidine rings is 1. The van der Waals surface area contributed by atoms with Gasteiger partial charge in [0, 0.05) is 13.2 Å². The van der Waals surface area contributed by atoms with Crippen LogP contribution in [-0.2, 0) is 4.74 Å². The van der Waals surface area contributed by atoms with Gasteiger partial charge >= 0.3 is 0 Å². The molecule has 0 saturated carbocycles. The van der Waals surface area contributed by atoms with Crippen LogP contribution in [0.5, 0.6) is 0 Å². The van der Waals surface area contributed by atoms with Crippen LogP contribution in [-0.4, -0.2) is 44.3 Å². The average molecular weight is 186 g/mol. The summed E-state index contributed by atoms with van der Waals surface area (Å²) in [6.45, 7) is 4.05. The molecule has 1 saturated heterocycles. The van der Waals surface area contributed by atoms with Crippen LogP contribution in [0.2, 0.25) is 0 Å². The molecule has 0 aromatic rings. The van der Waals surface area contributed by atoms with Gasteiger partial charge < -0.3 is 10.5 Å². The number of likely N-dealkylation sites (tertiary alicyclic amines) is 1. The van der Waals surface area contributed by atoms with Gasteiger partial charge in [0.2, 0.25) is 0 Å². The first-order valence-corrected chi connectivity index (χ1v) is 5.31. The summed E-state index contributed by atoms with van der Waals surface area (Å²) in [6.07, 6.45) is 5.09. The van der Waals surface area contributed by atoms with E-state index in [1.54, 1.807) is 7.11 Å². The molecule has 13 heavy (non-hydrogen) atoms. The Labute approximate surface area is 81.2 Å². The molecule has 1 rings (SSSR count). The van der Waals surface area contributed by atoms with Crippen molar-refractivity contribution < 1.29 is 4.74 Å². The molecular formula is C10H22N2O. The molecule has 1 aliphatic rings. The van der Waals surface area contributed by atoms with Gasteiger partial charge in [-0.2, -0.15) is 0 Å². The highest BCUT2D eigenvalue weighted by atomic mass is 16.5. The molecule has 1 heterocycles. The van der Waals surface area contributed by atoms with Crippen LogP contribution >= 0.6 is 0 Å². The summed E-state index contributed by atoms with van der Waals surface area (Å²) in [7, 11) is 1.79. The van der Waals surface area contributed by atoms with Crippen molar-refractivity contribution in [1.82, 2.24) is 4.90 Å². The van der Waals surface area contributed by atoms with E-state index in [0.29, 0.717) is 6.04 Å². The highest BCUT2D eigenvalue weighted by Crippen LogP contribution is 2.16. The topological polar surface area (TPSA) is 38.5 Å². The van der Waals surface area contributed by atoms with Gasteiger partial charge in [0.25, 0.3) is 0 Å². The molecule has 0 amide bonds. The summed E-state index contributed by atoms with van der Waals surface area (Å²) in [6, 6.07) is 0.644. The van der Waals surface area contributed by atoms with E-state index in [0.717, 1.165) is 26.1 Å². The average Bonchev–Trinajstić information content (AvgIpc) is 2.17. The number of hydrogen-bond acceptors (Lipinski definition) is 3. The van der Waals surface area contributed by atoms with Crippen molar-refractivity contribution in [2.24, 2.45) is 5.73 Å². The smallest absolute Gasteiger partial charge is 0.0618 e. The van der Waals surface area contributed by atoms with E-state index >= 15 is 0 Å². The molecule has 0 aromatic carbocycles. The van der Waals surface area contributed by atoms with Crippen LogP contribution in [0.4, 0.5) is 0 Å². The molecule has 78 valence electrons. The van der Waals surface area contributed by atoms with Crippen molar-refractivity contribution in [3.05, 3.63) is 0 Å². The number of nitrogens with two attached hydrogens (primary N) is 1. The first-order valence-electron chi connectivity index (χ1n) is 5.31. The predicted molar refractivity (Wildman–Crippen MR) is 54.8 cm³/mol. The van der Waals surface area contributed by atoms with Crippen LogP contribution in [0.15, 0.2) is 0 Å². The molecule has 1 unspecified atom stereocenters. The van der Waals surface area contributed by atoms with Gasteiger partial charge in [-0.15, -0.1) is 0 Å². The van der Waals surface area contributed by atoms with E-state index in [1.807, 2.05) is 0 Å². The minimum atomic E-state index is 0.644. The molecule has 1 fully saturated rings. The minimum absolute atomic E-state index is 0.644. The van der Waals surface area contributed by atoms with Crippen LogP contribution < -0.4 is 5.73 Å². The zero-order valence-electron chi connectivity index (χ0n) is 8.67. The Morgan fingerprint density at radius 1 is 1.46 bits per heavy atom. The van der Waals surface area contributed by atoms with Gasteiger partial charge in [-0.05, 0) is 38.9 Å². The Kier molecular flexibility index (Phi) is 5.35. The largest absolute Gasteiger partial charge is 0.383 e. The van der Waals surface area contributed by atoms with E-state index < -0.39 is 0 Å². The quantitative estimate of drug-likeness (QED) is 0.691. The standard InChI is InChI=1S/C10H22N2O/c1-13-9-10-5-2-3-7-12(10)8-4-6-11/h10H,2-9,11H2,1H3. The maximum Gasteiger partial charge on any atom is 0.0618 e. The summed E-state index contributed by atoms with van der Waals surface area (Å²) >= 11 is 0. The molecule has 0 aliphatic carbocycles. The van der Waals surface area contributed by atoms with Crippen molar-refractivity contribution >= 4 is 0 Å². The third-order valence-corrected chi connectivity index (χ3v) is 2.76. The Bertz CT molecular complexity index is 128. The Hall–Kier alpha value is -0.120. The molecule has 1 aliphatic heterocycles. The number of ether oxygens (including phenoxy) is 1. The molecule has 3 heteroatoms. The van der Waals surface area contributed by atoms with Gasteiger partial charge in [-0.1, -0.05) is 6.42 Å². The Morgan fingerprint density at radius 2 is 2.31 bits per heavy atom. The fraction of sp³-hybridized carbons (Fsp3) is 1.00. The molecular weight excluding hydrogens is 164 g/mol. The molecule has 1 atom stereocenters. The number of nitrogens with zero attached hydrogens (tertiary/aromatic N) is 1.